The minimum atomic E-state index is -0.276. The van der Waals surface area contributed by atoms with Gasteiger partial charge < -0.3 is 4.57 Å². The number of pyridine rings is 1. The Morgan fingerprint density at radius 2 is 1.91 bits per heavy atom. The molecular weight excluding hydrogens is 458 g/mol. The number of hydrogen-bond donors (Lipinski definition) is 1. The first-order chi connectivity index (χ1) is 17.0. The number of nitrogens with zero attached hydrogens (tertiary/aromatic N) is 4. The van der Waals surface area contributed by atoms with Crippen molar-refractivity contribution in [3.8, 4) is 11.1 Å². The van der Waals surface area contributed by atoms with Crippen LogP contribution in [0.25, 0.3) is 22.2 Å². The number of benzene rings is 2. The normalized spacial score (nSPS) is 19.7. The molecule has 5 rings (SSSR count). The number of para-hydroxylation sites is 3. The summed E-state index contributed by atoms with van der Waals surface area (Å²) in [7, 11) is 1.95. The molecule has 4 aromatic rings. The van der Waals surface area contributed by atoms with Crippen LogP contribution in [0.1, 0.15) is 19.8 Å². The SMILES string of the molecule is C[C@@H]1CCC[N+]1(C(=O)CSc1nc2ccccc2n1C)C(=O)Nc1ccccc1-c1cccnc1. The van der Waals surface area contributed by atoms with Gasteiger partial charge in [0, 0.05) is 43.4 Å². The van der Waals surface area contributed by atoms with Gasteiger partial charge in [0.2, 0.25) is 0 Å². The molecule has 3 amide bonds. The van der Waals surface area contributed by atoms with E-state index in [2.05, 4.69) is 15.3 Å². The van der Waals surface area contributed by atoms with Crippen molar-refractivity contribution < 1.29 is 14.1 Å². The summed E-state index contributed by atoms with van der Waals surface area (Å²) in [6, 6.07) is 19.0. The number of likely N-dealkylation sites (tertiary alicyclic amines) is 1. The third-order valence-electron chi connectivity index (χ3n) is 6.90. The van der Waals surface area contributed by atoms with E-state index in [1.165, 1.54) is 11.8 Å². The number of thioether (sulfide) groups is 1. The lowest BCUT2D eigenvalue weighted by molar-refractivity contribution is -0.781. The summed E-state index contributed by atoms with van der Waals surface area (Å²) in [5, 5.41) is 3.86. The second-order valence-corrected chi connectivity index (χ2v) is 9.87. The van der Waals surface area contributed by atoms with Crippen LogP contribution in [0.3, 0.4) is 0 Å². The molecule has 1 fully saturated rings. The number of anilines is 1. The topological polar surface area (TPSA) is 76.9 Å². The molecule has 0 bridgehead atoms. The quantitative estimate of drug-likeness (QED) is 0.298. The van der Waals surface area contributed by atoms with E-state index in [4.69, 9.17) is 0 Å². The van der Waals surface area contributed by atoms with Crippen LogP contribution in [0.2, 0.25) is 0 Å². The number of hydrogen-bond acceptors (Lipinski definition) is 5. The van der Waals surface area contributed by atoms with Gasteiger partial charge in [-0.25, -0.2) is 14.6 Å². The predicted octanol–water partition coefficient (Wildman–Crippen LogP) is 5.49. The molecule has 2 atom stereocenters. The van der Waals surface area contributed by atoms with Crippen LogP contribution >= 0.6 is 11.8 Å². The summed E-state index contributed by atoms with van der Waals surface area (Å²) in [6.45, 7) is 2.50. The van der Waals surface area contributed by atoms with Gasteiger partial charge in [-0.2, -0.15) is 4.48 Å². The lowest BCUT2D eigenvalue weighted by atomic mass is 10.1. The van der Waals surface area contributed by atoms with Gasteiger partial charge in [-0.1, -0.05) is 48.2 Å². The van der Waals surface area contributed by atoms with Crippen molar-refractivity contribution in [3.63, 3.8) is 0 Å². The number of carbonyl (C=O) groups is 2. The van der Waals surface area contributed by atoms with E-state index in [-0.39, 0.29) is 28.2 Å². The number of nitrogens with one attached hydrogen (secondary N) is 1. The maximum atomic E-state index is 13.8. The first-order valence-corrected chi connectivity index (χ1v) is 12.8. The molecule has 7 nitrogen and oxygen atoms in total. The van der Waals surface area contributed by atoms with E-state index < -0.39 is 0 Å². The van der Waals surface area contributed by atoms with Crippen LogP contribution in [-0.4, -0.2) is 49.3 Å². The molecule has 2 aromatic carbocycles. The largest absolute Gasteiger partial charge is 0.428 e. The number of fused-ring (bicyclic) bond motifs is 1. The van der Waals surface area contributed by atoms with E-state index in [9.17, 15) is 9.59 Å². The average Bonchev–Trinajstić information content (AvgIpc) is 3.44. The zero-order valence-electron chi connectivity index (χ0n) is 19.8. The molecule has 178 valence electrons. The lowest BCUT2D eigenvalue weighted by Gasteiger charge is -2.33. The van der Waals surface area contributed by atoms with Crippen molar-refractivity contribution >= 4 is 40.4 Å². The highest BCUT2D eigenvalue weighted by molar-refractivity contribution is 7.99. The number of aromatic nitrogens is 3. The van der Waals surface area contributed by atoms with Crippen LogP contribution in [0, 0.1) is 0 Å². The third-order valence-corrected chi connectivity index (χ3v) is 7.92. The Balaban J connectivity index is 1.39. The maximum Gasteiger partial charge on any atom is 0.428 e. The summed E-state index contributed by atoms with van der Waals surface area (Å²) in [5.74, 6) is 0.0857. The van der Waals surface area contributed by atoms with Gasteiger partial charge >= 0.3 is 11.9 Å². The van der Waals surface area contributed by atoms with E-state index in [0.29, 0.717) is 12.2 Å². The molecule has 8 heteroatoms. The fourth-order valence-electron chi connectivity index (χ4n) is 4.94. The predicted molar refractivity (Wildman–Crippen MR) is 139 cm³/mol. The van der Waals surface area contributed by atoms with Crippen LogP contribution < -0.4 is 5.32 Å². The number of rotatable bonds is 5. The number of imidazole rings is 1. The average molecular weight is 487 g/mol. The monoisotopic (exact) mass is 486 g/mol. The number of imide groups is 1. The van der Waals surface area contributed by atoms with Crippen molar-refractivity contribution in [1.82, 2.24) is 14.5 Å². The Morgan fingerprint density at radius 1 is 1.11 bits per heavy atom. The van der Waals surface area contributed by atoms with Crippen molar-refractivity contribution in [2.75, 3.05) is 17.6 Å². The number of carbonyl (C=O) groups excluding carboxylic acids is 2. The van der Waals surface area contributed by atoms with Gasteiger partial charge in [0.05, 0.1) is 23.3 Å². The van der Waals surface area contributed by atoms with Gasteiger partial charge in [0.25, 0.3) is 0 Å². The molecule has 1 saturated heterocycles. The van der Waals surface area contributed by atoms with Crippen LogP contribution in [0.4, 0.5) is 10.5 Å². The molecular formula is C27H28N5O2S+. The van der Waals surface area contributed by atoms with Crippen LogP contribution in [0.15, 0.2) is 78.2 Å². The Labute approximate surface area is 208 Å². The first-order valence-electron chi connectivity index (χ1n) is 11.8. The summed E-state index contributed by atoms with van der Waals surface area (Å²) < 4.78 is 1.80. The van der Waals surface area contributed by atoms with Gasteiger partial charge in [-0.05, 0) is 31.2 Å². The van der Waals surface area contributed by atoms with E-state index in [1.807, 2.05) is 79.2 Å². The van der Waals surface area contributed by atoms with E-state index in [1.54, 1.807) is 12.4 Å². The highest BCUT2D eigenvalue weighted by Gasteiger charge is 2.52. The zero-order valence-corrected chi connectivity index (χ0v) is 20.7. The van der Waals surface area contributed by atoms with Crippen LogP contribution in [0.5, 0.6) is 0 Å². The smallest absolute Gasteiger partial charge is 0.322 e. The third kappa shape index (κ3) is 4.24. The number of amides is 3. The number of urea groups is 1. The van der Waals surface area contributed by atoms with Crippen LogP contribution in [-0.2, 0) is 11.8 Å². The number of quaternary nitrogens is 1. The van der Waals surface area contributed by atoms with Crippen molar-refractivity contribution in [3.05, 3.63) is 73.1 Å². The number of aryl methyl sites for hydroxylation is 1. The molecule has 0 radical (unpaired) electrons. The molecule has 2 aromatic heterocycles. The Bertz CT molecular complexity index is 1390. The van der Waals surface area contributed by atoms with Gasteiger partial charge in [0.1, 0.15) is 11.8 Å². The molecule has 35 heavy (non-hydrogen) atoms. The Kier molecular flexibility index (Phi) is 6.40. The fraction of sp³-hybridized carbons (Fsp3) is 0.259. The Morgan fingerprint density at radius 3 is 2.66 bits per heavy atom. The highest BCUT2D eigenvalue weighted by Crippen LogP contribution is 2.33. The van der Waals surface area contributed by atoms with E-state index in [0.717, 1.165) is 40.2 Å². The summed E-state index contributed by atoms with van der Waals surface area (Å²) >= 11 is 1.39. The molecule has 0 aliphatic carbocycles. The second-order valence-electron chi connectivity index (χ2n) is 8.93. The molecule has 3 heterocycles. The van der Waals surface area contributed by atoms with E-state index >= 15 is 0 Å². The molecule has 0 spiro atoms. The van der Waals surface area contributed by atoms with Crippen molar-refractivity contribution in [1.29, 1.82) is 0 Å². The highest BCUT2D eigenvalue weighted by atomic mass is 32.2. The second kappa shape index (κ2) is 9.64. The summed E-state index contributed by atoms with van der Waals surface area (Å²) in [5.41, 5.74) is 4.38. The van der Waals surface area contributed by atoms with Crippen molar-refractivity contribution in [2.45, 2.75) is 31.0 Å². The minimum absolute atomic E-state index is 0.0888. The molecule has 1 aliphatic heterocycles. The fourth-order valence-corrected chi connectivity index (χ4v) is 5.88. The first kappa shape index (κ1) is 23.3. The molecule has 1 N–H and O–H groups in total. The summed E-state index contributed by atoms with van der Waals surface area (Å²) in [6.07, 6.45) is 5.16. The van der Waals surface area contributed by atoms with Gasteiger partial charge in [-0.3, -0.25) is 10.3 Å². The Hall–Kier alpha value is -3.49. The molecule has 1 unspecified atom stereocenters. The van der Waals surface area contributed by atoms with Crippen molar-refractivity contribution in [2.24, 2.45) is 7.05 Å². The zero-order chi connectivity index (χ0) is 24.4. The maximum absolute atomic E-state index is 13.8. The lowest BCUT2D eigenvalue weighted by Crippen LogP contribution is -2.61. The molecule has 0 saturated carbocycles. The van der Waals surface area contributed by atoms with Gasteiger partial charge in [-0.15, -0.1) is 0 Å². The summed E-state index contributed by atoms with van der Waals surface area (Å²) in [4.78, 5) is 36.4. The standard InChI is InChI=1S/C27H27N5O2S/c1-19-9-8-16-32(19,25(33)18-35-26-29-23-13-5-6-14-24(23)31(26)2)27(34)30-22-12-4-3-11-21(22)20-10-7-15-28-17-20/h3-7,10-15,17,19H,8-9,16,18H2,1-2H3/p+1/t19-,32?/m1/s1. The minimum Gasteiger partial charge on any atom is -0.322 e. The van der Waals surface area contributed by atoms with Gasteiger partial charge in [0.15, 0.2) is 5.16 Å². The molecule has 1 aliphatic rings.